The average Bonchev–Trinajstić information content (AvgIpc) is 2.22. The lowest BCUT2D eigenvalue weighted by Gasteiger charge is -2.24. The van der Waals surface area contributed by atoms with Crippen LogP contribution < -0.4 is 10.5 Å². The van der Waals surface area contributed by atoms with E-state index in [0.717, 1.165) is 6.07 Å². The Balaban J connectivity index is 3.24. The summed E-state index contributed by atoms with van der Waals surface area (Å²) in [7, 11) is 0. The van der Waals surface area contributed by atoms with E-state index in [2.05, 4.69) is 9.72 Å². The van der Waals surface area contributed by atoms with Crippen LogP contribution in [0.2, 0.25) is 0 Å². The summed E-state index contributed by atoms with van der Waals surface area (Å²) in [4.78, 5) is 3.42. The van der Waals surface area contributed by atoms with Crippen molar-refractivity contribution in [2.75, 3.05) is 0 Å². The molecule has 1 aromatic rings. The van der Waals surface area contributed by atoms with Crippen LogP contribution in [0.3, 0.4) is 0 Å². The van der Waals surface area contributed by atoms with Gasteiger partial charge in [0.15, 0.2) is 0 Å². The lowest BCUT2D eigenvalue weighted by Crippen LogP contribution is -2.47. The highest BCUT2D eigenvalue weighted by atomic mass is 19.4. The maximum atomic E-state index is 12.4. The fraction of sp³-hybridized carbons (Fsp3) is 0.400. The Labute approximate surface area is 109 Å². The molecule has 1 heterocycles. The molecule has 112 valence electrons. The van der Waals surface area contributed by atoms with Crippen molar-refractivity contribution in [3.63, 3.8) is 0 Å². The van der Waals surface area contributed by atoms with Gasteiger partial charge in [-0.2, -0.15) is 26.3 Å². The quantitative estimate of drug-likeness (QED) is 0.512. The van der Waals surface area contributed by atoms with E-state index in [0.29, 0.717) is 0 Å². The number of pyridine rings is 1. The topological polar surface area (TPSA) is 72.0 Å². The molecule has 0 aliphatic carbocycles. The van der Waals surface area contributed by atoms with Crippen molar-refractivity contribution in [2.45, 2.75) is 25.4 Å². The molecule has 1 aromatic heterocycles. The van der Waals surface area contributed by atoms with E-state index in [1.165, 1.54) is 13.0 Å². The molecule has 0 aliphatic heterocycles. The number of nitrogens with zero attached hydrogens (tertiary/aromatic N) is 1. The number of aromatic nitrogens is 1. The molecule has 0 bridgehead atoms. The summed E-state index contributed by atoms with van der Waals surface area (Å²) in [5.74, 6) is -1.74. The molecule has 0 aromatic carbocycles. The van der Waals surface area contributed by atoms with Gasteiger partial charge in [0.05, 0.1) is 5.56 Å². The highest BCUT2D eigenvalue weighted by Crippen LogP contribution is 2.36. The van der Waals surface area contributed by atoms with Gasteiger partial charge in [-0.1, -0.05) is 0 Å². The second kappa shape index (κ2) is 5.17. The van der Waals surface area contributed by atoms with E-state index in [9.17, 15) is 26.3 Å². The molecule has 1 rings (SSSR count). The van der Waals surface area contributed by atoms with E-state index < -0.39 is 35.7 Å². The molecular weight excluding hydrogens is 292 g/mol. The molecule has 10 heteroatoms. The molecular formula is C10H9F6N3O. The van der Waals surface area contributed by atoms with Gasteiger partial charge in [-0.25, -0.2) is 4.98 Å². The third-order valence-electron chi connectivity index (χ3n) is 2.11. The van der Waals surface area contributed by atoms with Crippen LogP contribution in [-0.2, 0) is 0 Å². The third-order valence-corrected chi connectivity index (χ3v) is 2.11. The van der Waals surface area contributed by atoms with Crippen molar-refractivity contribution in [1.82, 2.24) is 4.98 Å². The monoisotopic (exact) mass is 301 g/mol. The standard InChI is InChI=1S/C10H9F6N3O/c1-4-2-3-5(6(17)18)7(19-4)20-8(9(11,12)13)10(14,15)16/h2-3,8H,1H3,(H3,17,18). The largest absolute Gasteiger partial charge is 0.454 e. The molecule has 4 nitrogen and oxygen atoms in total. The van der Waals surface area contributed by atoms with E-state index in [4.69, 9.17) is 11.1 Å². The summed E-state index contributed by atoms with van der Waals surface area (Å²) in [6.45, 7) is 1.34. The number of nitrogens with two attached hydrogens (primary N) is 1. The molecule has 0 saturated carbocycles. The highest BCUT2D eigenvalue weighted by Gasteiger charge is 2.59. The van der Waals surface area contributed by atoms with Crippen LogP contribution in [0.25, 0.3) is 0 Å². The summed E-state index contributed by atoms with van der Waals surface area (Å²) in [6.07, 6.45) is -15.4. The predicted octanol–water partition coefficient (Wildman–Crippen LogP) is 2.55. The molecule has 0 saturated heterocycles. The van der Waals surface area contributed by atoms with Gasteiger partial charge in [0, 0.05) is 5.69 Å². The van der Waals surface area contributed by atoms with Crippen molar-refractivity contribution in [1.29, 1.82) is 5.41 Å². The summed E-state index contributed by atoms with van der Waals surface area (Å²) in [5.41, 5.74) is 4.73. The van der Waals surface area contributed by atoms with Crippen molar-refractivity contribution in [3.05, 3.63) is 23.4 Å². The smallest absolute Gasteiger partial charge is 0.434 e. The Bertz CT molecular complexity index is 497. The van der Waals surface area contributed by atoms with Crippen molar-refractivity contribution < 1.29 is 31.1 Å². The van der Waals surface area contributed by atoms with Crippen LogP contribution in [0, 0.1) is 12.3 Å². The van der Waals surface area contributed by atoms with Crippen LogP contribution in [0.5, 0.6) is 5.88 Å². The lowest BCUT2D eigenvalue weighted by molar-refractivity contribution is -0.300. The van der Waals surface area contributed by atoms with Gasteiger partial charge in [-0.15, -0.1) is 0 Å². The van der Waals surface area contributed by atoms with Crippen molar-refractivity contribution in [2.24, 2.45) is 5.73 Å². The van der Waals surface area contributed by atoms with Crippen LogP contribution in [0.4, 0.5) is 26.3 Å². The van der Waals surface area contributed by atoms with Crippen LogP contribution in [0.1, 0.15) is 11.3 Å². The molecule has 0 fully saturated rings. The Kier molecular flexibility index (Phi) is 4.15. The lowest BCUT2D eigenvalue weighted by atomic mass is 10.2. The van der Waals surface area contributed by atoms with Crippen LogP contribution >= 0.6 is 0 Å². The molecule has 0 amide bonds. The summed E-state index contributed by atoms with van der Waals surface area (Å²) in [6, 6.07) is 2.34. The summed E-state index contributed by atoms with van der Waals surface area (Å²) >= 11 is 0. The van der Waals surface area contributed by atoms with Crippen molar-refractivity contribution in [3.8, 4) is 5.88 Å². The second-order valence-electron chi connectivity index (χ2n) is 3.80. The number of nitrogens with one attached hydrogen (secondary N) is 1. The van der Waals surface area contributed by atoms with E-state index in [-0.39, 0.29) is 5.69 Å². The second-order valence-corrected chi connectivity index (χ2v) is 3.80. The van der Waals surface area contributed by atoms with Crippen LogP contribution in [-0.4, -0.2) is 29.3 Å². The third kappa shape index (κ3) is 3.75. The summed E-state index contributed by atoms with van der Waals surface area (Å²) < 4.78 is 78.2. The number of hydrogen-bond donors (Lipinski definition) is 2. The van der Waals surface area contributed by atoms with Gasteiger partial charge in [0.1, 0.15) is 5.84 Å². The highest BCUT2D eigenvalue weighted by molar-refractivity contribution is 5.97. The van der Waals surface area contributed by atoms with E-state index in [1.807, 2.05) is 0 Å². The van der Waals surface area contributed by atoms with Gasteiger partial charge in [0.25, 0.3) is 6.10 Å². The first kappa shape index (κ1) is 16.1. The molecule has 0 unspecified atom stereocenters. The molecule has 0 atom stereocenters. The average molecular weight is 301 g/mol. The minimum absolute atomic E-state index is 0.119. The predicted molar refractivity (Wildman–Crippen MR) is 56.5 cm³/mol. The number of hydrogen-bond acceptors (Lipinski definition) is 3. The molecule has 20 heavy (non-hydrogen) atoms. The van der Waals surface area contributed by atoms with E-state index in [1.54, 1.807) is 0 Å². The van der Waals surface area contributed by atoms with Crippen LogP contribution in [0.15, 0.2) is 12.1 Å². The first-order chi connectivity index (χ1) is 8.93. The van der Waals surface area contributed by atoms with Gasteiger partial charge in [-0.3, -0.25) is 5.41 Å². The first-order valence-corrected chi connectivity index (χ1v) is 5.05. The maximum Gasteiger partial charge on any atom is 0.434 e. The zero-order valence-electron chi connectivity index (χ0n) is 9.93. The fourth-order valence-corrected chi connectivity index (χ4v) is 1.26. The van der Waals surface area contributed by atoms with Gasteiger partial charge in [0.2, 0.25) is 5.88 Å². The fourth-order valence-electron chi connectivity index (χ4n) is 1.26. The Morgan fingerprint density at radius 3 is 2.10 bits per heavy atom. The number of rotatable bonds is 3. The van der Waals surface area contributed by atoms with Gasteiger partial charge < -0.3 is 10.5 Å². The van der Waals surface area contributed by atoms with Gasteiger partial charge >= 0.3 is 12.4 Å². The minimum Gasteiger partial charge on any atom is -0.454 e. The Hall–Kier alpha value is -2.00. The zero-order chi connectivity index (χ0) is 15.7. The van der Waals surface area contributed by atoms with Crippen molar-refractivity contribution >= 4 is 5.84 Å². The Morgan fingerprint density at radius 1 is 1.20 bits per heavy atom. The molecule has 0 radical (unpaired) electrons. The molecule has 3 N–H and O–H groups in total. The Morgan fingerprint density at radius 2 is 1.70 bits per heavy atom. The number of amidine groups is 1. The number of halogens is 6. The normalized spacial score (nSPS) is 12.6. The van der Waals surface area contributed by atoms with E-state index >= 15 is 0 Å². The zero-order valence-corrected chi connectivity index (χ0v) is 9.93. The minimum atomic E-state index is -5.67. The van der Waals surface area contributed by atoms with Gasteiger partial charge in [-0.05, 0) is 19.1 Å². The number of ether oxygens (including phenoxy) is 1. The maximum absolute atomic E-state index is 12.4. The number of aryl methyl sites for hydroxylation is 1. The number of alkyl halides is 6. The number of nitrogen functional groups attached to an aromatic ring is 1. The summed E-state index contributed by atoms with van der Waals surface area (Å²) in [5, 5.41) is 7.10. The molecule has 0 spiro atoms. The first-order valence-electron chi connectivity index (χ1n) is 5.05. The SMILES string of the molecule is Cc1ccc(C(=N)N)c(OC(C(F)(F)F)C(F)(F)F)n1. The molecule has 0 aliphatic rings.